The monoisotopic (exact) mass is 376 g/mol. The first-order valence-electron chi connectivity index (χ1n) is 9.81. The van der Waals surface area contributed by atoms with Crippen LogP contribution in [0.15, 0.2) is 18.3 Å². The molecule has 3 fully saturated rings. The summed E-state index contributed by atoms with van der Waals surface area (Å²) in [5, 5.41) is 3.37. The van der Waals surface area contributed by atoms with E-state index in [1.807, 2.05) is 11.0 Å². The molecular formula is C19H28N4O4. The standard InChI is InChI=1S/C19H28N4O4/c24-18(23-6-3-19(4-7-23)26-13-14-27-19)17-2-1-16(15-21-17)20-5-8-22-9-11-25-12-10-22/h1-2,15,20H,3-14H2. The molecule has 0 saturated carbocycles. The number of carbonyl (C=O) groups is 1. The fourth-order valence-electron chi connectivity index (χ4n) is 3.81. The normalized spacial score (nSPS) is 22.9. The van der Waals surface area contributed by atoms with E-state index in [4.69, 9.17) is 14.2 Å². The van der Waals surface area contributed by atoms with Gasteiger partial charge in [-0.2, -0.15) is 0 Å². The molecule has 0 unspecified atom stereocenters. The molecule has 8 nitrogen and oxygen atoms in total. The molecule has 0 aromatic carbocycles. The van der Waals surface area contributed by atoms with Crippen molar-refractivity contribution in [3.63, 3.8) is 0 Å². The average Bonchev–Trinajstić information content (AvgIpc) is 3.17. The minimum atomic E-state index is -0.460. The van der Waals surface area contributed by atoms with Crippen LogP contribution in [0, 0.1) is 0 Å². The molecule has 1 N–H and O–H groups in total. The van der Waals surface area contributed by atoms with Crippen molar-refractivity contribution in [1.29, 1.82) is 0 Å². The van der Waals surface area contributed by atoms with Crippen LogP contribution in [0.1, 0.15) is 23.3 Å². The maximum Gasteiger partial charge on any atom is 0.272 e. The molecule has 27 heavy (non-hydrogen) atoms. The maximum atomic E-state index is 12.7. The largest absolute Gasteiger partial charge is 0.383 e. The van der Waals surface area contributed by atoms with E-state index in [1.165, 1.54) is 0 Å². The first-order chi connectivity index (χ1) is 13.2. The lowest BCUT2D eigenvalue weighted by molar-refractivity contribution is -0.181. The highest BCUT2D eigenvalue weighted by Crippen LogP contribution is 2.31. The highest BCUT2D eigenvalue weighted by atomic mass is 16.7. The van der Waals surface area contributed by atoms with Crippen LogP contribution >= 0.6 is 0 Å². The highest BCUT2D eigenvalue weighted by molar-refractivity contribution is 5.92. The zero-order chi connectivity index (χ0) is 18.5. The Balaban J connectivity index is 1.24. The van der Waals surface area contributed by atoms with Crippen molar-refractivity contribution in [3.8, 4) is 0 Å². The van der Waals surface area contributed by atoms with E-state index in [-0.39, 0.29) is 5.91 Å². The summed E-state index contributed by atoms with van der Waals surface area (Å²) in [5.74, 6) is -0.485. The molecule has 3 aliphatic heterocycles. The Labute approximate surface area is 159 Å². The molecule has 148 valence electrons. The molecule has 0 radical (unpaired) electrons. The van der Waals surface area contributed by atoms with E-state index in [9.17, 15) is 4.79 Å². The lowest BCUT2D eigenvalue weighted by Crippen LogP contribution is -2.47. The van der Waals surface area contributed by atoms with Crippen LogP contribution in [0.5, 0.6) is 0 Å². The van der Waals surface area contributed by atoms with E-state index in [0.29, 0.717) is 32.0 Å². The summed E-state index contributed by atoms with van der Waals surface area (Å²) in [6, 6.07) is 3.72. The number of hydrogen-bond donors (Lipinski definition) is 1. The lowest BCUT2D eigenvalue weighted by Gasteiger charge is -2.37. The summed E-state index contributed by atoms with van der Waals surface area (Å²) in [5.41, 5.74) is 1.42. The van der Waals surface area contributed by atoms with E-state index in [0.717, 1.165) is 57.9 Å². The first-order valence-corrected chi connectivity index (χ1v) is 9.81. The number of anilines is 1. The van der Waals surface area contributed by atoms with Gasteiger partial charge in [0.1, 0.15) is 5.69 Å². The maximum absolute atomic E-state index is 12.7. The molecule has 0 bridgehead atoms. The Bertz CT molecular complexity index is 617. The van der Waals surface area contributed by atoms with Gasteiger partial charge in [0.25, 0.3) is 5.91 Å². The van der Waals surface area contributed by atoms with Gasteiger partial charge in [-0.15, -0.1) is 0 Å². The zero-order valence-electron chi connectivity index (χ0n) is 15.7. The smallest absolute Gasteiger partial charge is 0.272 e. The van der Waals surface area contributed by atoms with Gasteiger partial charge in [-0.1, -0.05) is 0 Å². The molecule has 1 aromatic rings. The van der Waals surface area contributed by atoms with Crippen LogP contribution in [0.2, 0.25) is 0 Å². The summed E-state index contributed by atoms with van der Waals surface area (Å²) in [6.45, 7) is 8.00. The van der Waals surface area contributed by atoms with Gasteiger partial charge < -0.3 is 24.4 Å². The summed E-state index contributed by atoms with van der Waals surface area (Å²) in [7, 11) is 0. The van der Waals surface area contributed by atoms with Crippen molar-refractivity contribution < 1.29 is 19.0 Å². The lowest BCUT2D eigenvalue weighted by atomic mass is 10.0. The second kappa shape index (κ2) is 8.52. The van der Waals surface area contributed by atoms with Gasteiger partial charge in [-0.3, -0.25) is 9.69 Å². The van der Waals surface area contributed by atoms with Crippen LogP contribution < -0.4 is 5.32 Å². The topological polar surface area (TPSA) is 76.2 Å². The third kappa shape index (κ3) is 4.57. The molecule has 1 amide bonds. The minimum Gasteiger partial charge on any atom is -0.383 e. The van der Waals surface area contributed by atoms with Crippen molar-refractivity contribution in [2.45, 2.75) is 18.6 Å². The summed E-state index contributed by atoms with van der Waals surface area (Å²) in [6.07, 6.45) is 3.18. The van der Waals surface area contributed by atoms with Crippen molar-refractivity contribution >= 4 is 11.6 Å². The molecule has 1 aromatic heterocycles. The van der Waals surface area contributed by atoms with Crippen LogP contribution in [-0.2, 0) is 14.2 Å². The summed E-state index contributed by atoms with van der Waals surface area (Å²) >= 11 is 0. The number of nitrogens with zero attached hydrogens (tertiary/aromatic N) is 3. The third-order valence-corrected chi connectivity index (χ3v) is 5.47. The molecule has 4 rings (SSSR count). The predicted octanol–water partition coefficient (Wildman–Crippen LogP) is 0.805. The van der Waals surface area contributed by atoms with Gasteiger partial charge in [0.05, 0.1) is 38.3 Å². The highest BCUT2D eigenvalue weighted by Gasteiger charge is 2.41. The van der Waals surface area contributed by atoms with Crippen LogP contribution in [0.4, 0.5) is 5.69 Å². The Morgan fingerprint density at radius 1 is 1.07 bits per heavy atom. The van der Waals surface area contributed by atoms with Crippen LogP contribution in [0.25, 0.3) is 0 Å². The number of pyridine rings is 1. The molecule has 3 aliphatic rings. The second-order valence-corrected chi connectivity index (χ2v) is 7.21. The number of carbonyl (C=O) groups excluding carboxylic acids is 1. The number of rotatable bonds is 5. The van der Waals surface area contributed by atoms with Gasteiger partial charge in [0.15, 0.2) is 5.79 Å². The molecule has 8 heteroatoms. The van der Waals surface area contributed by atoms with Gasteiger partial charge >= 0.3 is 0 Å². The van der Waals surface area contributed by atoms with Crippen molar-refractivity contribution in [3.05, 3.63) is 24.0 Å². The van der Waals surface area contributed by atoms with E-state index < -0.39 is 5.79 Å². The number of aromatic nitrogens is 1. The second-order valence-electron chi connectivity index (χ2n) is 7.21. The van der Waals surface area contributed by atoms with Gasteiger partial charge in [0, 0.05) is 52.1 Å². The number of likely N-dealkylation sites (tertiary alicyclic amines) is 1. The number of piperidine rings is 1. The molecule has 4 heterocycles. The Hall–Kier alpha value is -1.74. The molecule has 1 spiro atoms. The summed E-state index contributed by atoms with van der Waals surface area (Å²) in [4.78, 5) is 21.3. The third-order valence-electron chi connectivity index (χ3n) is 5.47. The van der Waals surface area contributed by atoms with Gasteiger partial charge in [-0.25, -0.2) is 4.98 Å². The van der Waals surface area contributed by atoms with Crippen molar-refractivity contribution in [1.82, 2.24) is 14.8 Å². The molecule has 0 aliphatic carbocycles. The molecule has 3 saturated heterocycles. The van der Waals surface area contributed by atoms with Gasteiger partial charge in [-0.05, 0) is 12.1 Å². The average molecular weight is 376 g/mol. The van der Waals surface area contributed by atoms with Crippen molar-refractivity contribution in [2.24, 2.45) is 0 Å². The van der Waals surface area contributed by atoms with Crippen molar-refractivity contribution in [2.75, 3.05) is 71.0 Å². The predicted molar refractivity (Wildman–Crippen MR) is 99.8 cm³/mol. The Morgan fingerprint density at radius 2 is 1.81 bits per heavy atom. The van der Waals surface area contributed by atoms with Crippen LogP contribution in [0.3, 0.4) is 0 Å². The zero-order valence-corrected chi connectivity index (χ0v) is 15.7. The molecular weight excluding hydrogens is 348 g/mol. The number of ether oxygens (including phenoxy) is 3. The minimum absolute atomic E-state index is 0.0253. The van der Waals surface area contributed by atoms with E-state index in [1.54, 1.807) is 12.3 Å². The fourth-order valence-corrected chi connectivity index (χ4v) is 3.81. The molecule has 0 atom stereocenters. The number of nitrogens with one attached hydrogen (secondary N) is 1. The van der Waals surface area contributed by atoms with E-state index in [2.05, 4.69) is 15.2 Å². The van der Waals surface area contributed by atoms with Crippen LogP contribution in [-0.4, -0.2) is 92.2 Å². The van der Waals surface area contributed by atoms with E-state index >= 15 is 0 Å². The number of amides is 1. The summed E-state index contributed by atoms with van der Waals surface area (Å²) < 4.78 is 16.8. The number of morpholine rings is 1. The SMILES string of the molecule is O=C(c1ccc(NCCN2CCOCC2)cn1)N1CCC2(CC1)OCCO2. The number of hydrogen-bond acceptors (Lipinski definition) is 7. The Morgan fingerprint density at radius 3 is 2.48 bits per heavy atom. The fraction of sp³-hybridized carbons (Fsp3) is 0.684. The van der Waals surface area contributed by atoms with Gasteiger partial charge in [0.2, 0.25) is 0 Å². The first kappa shape index (κ1) is 18.6. The Kier molecular flexibility index (Phi) is 5.87. The quantitative estimate of drug-likeness (QED) is 0.815.